The van der Waals surface area contributed by atoms with Crippen LogP contribution in [0.25, 0.3) is 0 Å². The fourth-order valence-corrected chi connectivity index (χ4v) is 2.65. The lowest BCUT2D eigenvalue weighted by Crippen LogP contribution is -2.40. The molecule has 2 aliphatic rings. The molecule has 0 aliphatic carbocycles. The molecule has 1 N–H and O–H groups in total. The van der Waals surface area contributed by atoms with E-state index in [1.54, 1.807) is 0 Å². The van der Waals surface area contributed by atoms with Crippen molar-refractivity contribution < 1.29 is 14.2 Å². The number of rotatable bonds is 2. The predicted octanol–water partition coefficient (Wildman–Crippen LogP) is 2.63. The SMILES string of the molecule is CCC1(C)CC(NC)c2ccc3c(c2O1)OCO3. The predicted molar refractivity (Wildman–Crippen MR) is 68.3 cm³/mol. The van der Waals surface area contributed by atoms with E-state index in [9.17, 15) is 0 Å². The molecule has 0 aromatic heterocycles. The van der Waals surface area contributed by atoms with Crippen LogP contribution in [0.1, 0.15) is 38.3 Å². The van der Waals surface area contributed by atoms with Gasteiger partial charge in [-0.3, -0.25) is 0 Å². The monoisotopic (exact) mass is 249 g/mol. The first-order valence-corrected chi connectivity index (χ1v) is 6.45. The summed E-state index contributed by atoms with van der Waals surface area (Å²) in [6.07, 6.45) is 1.93. The highest BCUT2D eigenvalue weighted by molar-refractivity contribution is 5.58. The van der Waals surface area contributed by atoms with Gasteiger partial charge in [-0.2, -0.15) is 0 Å². The number of nitrogens with one attached hydrogen (secondary N) is 1. The molecule has 2 unspecified atom stereocenters. The van der Waals surface area contributed by atoms with Crippen LogP contribution >= 0.6 is 0 Å². The average molecular weight is 249 g/mol. The van der Waals surface area contributed by atoms with E-state index in [1.807, 2.05) is 13.1 Å². The zero-order valence-corrected chi connectivity index (χ0v) is 11.1. The van der Waals surface area contributed by atoms with Gasteiger partial charge in [0, 0.05) is 18.0 Å². The molecule has 1 aromatic carbocycles. The van der Waals surface area contributed by atoms with Crippen molar-refractivity contribution in [2.45, 2.75) is 38.3 Å². The fraction of sp³-hybridized carbons (Fsp3) is 0.571. The minimum Gasteiger partial charge on any atom is -0.483 e. The molecule has 3 rings (SSSR count). The molecular formula is C14H19NO3. The van der Waals surface area contributed by atoms with E-state index in [4.69, 9.17) is 14.2 Å². The molecule has 4 heteroatoms. The molecule has 0 saturated heterocycles. The molecule has 0 spiro atoms. The second-order valence-corrected chi connectivity index (χ2v) is 5.17. The minimum atomic E-state index is -0.151. The van der Waals surface area contributed by atoms with Gasteiger partial charge in [-0.15, -0.1) is 0 Å². The van der Waals surface area contributed by atoms with Gasteiger partial charge >= 0.3 is 0 Å². The van der Waals surface area contributed by atoms with Crippen molar-refractivity contribution in [1.82, 2.24) is 5.32 Å². The van der Waals surface area contributed by atoms with E-state index in [2.05, 4.69) is 25.2 Å². The maximum absolute atomic E-state index is 6.20. The van der Waals surface area contributed by atoms with Crippen LogP contribution in [0.4, 0.5) is 0 Å². The van der Waals surface area contributed by atoms with Gasteiger partial charge in [0.1, 0.15) is 5.60 Å². The minimum absolute atomic E-state index is 0.151. The Morgan fingerprint density at radius 3 is 2.89 bits per heavy atom. The zero-order valence-electron chi connectivity index (χ0n) is 11.1. The summed E-state index contributed by atoms with van der Waals surface area (Å²) in [6, 6.07) is 4.33. The first-order valence-electron chi connectivity index (χ1n) is 6.45. The van der Waals surface area contributed by atoms with E-state index in [-0.39, 0.29) is 12.4 Å². The molecule has 98 valence electrons. The summed E-state index contributed by atoms with van der Waals surface area (Å²) in [6.45, 7) is 4.58. The lowest BCUT2D eigenvalue weighted by Gasteiger charge is -2.39. The maximum atomic E-state index is 6.20. The Balaban J connectivity index is 2.10. The Bertz CT molecular complexity index is 474. The summed E-state index contributed by atoms with van der Waals surface area (Å²) in [5.74, 6) is 2.39. The molecule has 2 aliphatic heterocycles. The van der Waals surface area contributed by atoms with E-state index in [0.717, 1.165) is 35.7 Å². The third-order valence-corrected chi connectivity index (χ3v) is 3.98. The summed E-state index contributed by atoms with van der Waals surface area (Å²) in [7, 11) is 1.99. The molecule has 2 heterocycles. The molecule has 0 fully saturated rings. The Kier molecular flexibility index (Phi) is 2.63. The van der Waals surface area contributed by atoms with Crippen LogP contribution in [-0.2, 0) is 0 Å². The molecule has 2 atom stereocenters. The fourth-order valence-electron chi connectivity index (χ4n) is 2.65. The van der Waals surface area contributed by atoms with Gasteiger partial charge in [0.15, 0.2) is 11.5 Å². The van der Waals surface area contributed by atoms with Gasteiger partial charge in [-0.25, -0.2) is 0 Å². The van der Waals surface area contributed by atoms with Crippen molar-refractivity contribution in [2.24, 2.45) is 0 Å². The summed E-state index contributed by atoms with van der Waals surface area (Å²) >= 11 is 0. The third kappa shape index (κ3) is 1.63. The van der Waals surface area contributed by atoms with Crippen molar-refractivity contribution in [1.29, 1.82) is 0 Å². The maximum Gasteiger partial charge on any atom is 0.231 e. The Morgan fingerprint density at radius 2 is 2.17 bits per heavy atom. The normalized spacial score (nSPS) is 28.7. The molecule has 0 amide bonds. The van der Waals surface area contributed by atoms with Crippen molar-refractivity contribution >= 4 is 0 Å². The van der Waals surface area contributed by atoms with Crippen LogP contribution < -0.4 is 19.5 Å². The first-order chi connectivity index (χ1) is 8.67. The molecule has 0 bridgehead atoms. The number of hydrogen-bond acceptors (Lipinski definition) is 4. The van der Waals surface area contributed by atoms with Crippen LogP contribution in [0.2, 0.25) is 0 Å². The third-order valence-electron chi connectivity index (χ3n) is 3.98. The molecule has 1 aromatic rings. The lowest BCUT2D eigenvalue weighted by molar-refractivity contribution is 0.0415. The summed E-state index contributed by atoms with van der Waals surface area (Å²) in [4.78, 5) is 0. The van der Waals surface area contributed by atoms with Crippen LogP contribution in [0, 0.1) is 0 Å². The van der Waals surface area contributed by atoms with Crippen LogP contribution in [-0.4, -0.2) is 19.4 Å². The highest BCUT2D eigenvalue weighted by Gasteiger charge is 2.38. The van der Waals surface area contributed by atoms with Gasteiger partial charge < -0.3 is 19.5 Å². The standard InChI is InChI=1S/C14H19NO3/c1-4-14(2)7-10(15-3)9-5-6-11-13(12(9)18-14)17-8-16-11/h5-6,10,15H,4,7-8H2,1-3H3. The van der Waals surface area contributed by atoms with Gasteiger partial charge in [0.25, 0.3) is 0 Å². The lowest BCUT2D eigenvalue weighted by atomic mass is 9.86. The Morgan fingerprint density at radius 1 is 1.33 bits per heavy atom. The molecule has 4 nitrogen and oxygen atoms in total. The first kappa shape index (κ1) is 11.7. The van der Waals surface area contributed by atoms with Crippen LogP contribution in [0.15, 0.2) is 12.1 Å². The molecule has 0 saturated carbocycles. The van der Waals surface area contributed by atoms with Gasteiger partial charge in [-0.05, 0) is 32.5 Å². The number of benzene rings is 1. The van der Waals surface area contributed by atoms with Gasteiger partial charge in [0.2, 0.25) is 12.5 Å². The van der Waals surface area contributed by atoms with Crippen LogP contribution in [0.3, 0.4) is 0 Å². The van der Waals surface area contributed by atoms with Crippen molar-refractivity contribution in [3.63, 3.8) is 0 Å². The van der Waals surface area contributed by atoms with Gasteiger partial charge in [-0.1, -0.05) is 6.92 Å². The Hall–Kier alpha value is -1.42. The number of ether oxygens (including phenoxy) is 3. The van der Waals surface area contributed by atoms with Crippen molar-refractivity contribution in [3.8, 4) is 17.2 Å². The average Bonchev–Trinajstić information content (AvgIpc) is 2.86. The van der Waals surface area contributed by atoms with E-state index in [1.165, 1.54) is 0 Å². The van der Waals surface area contributed by atoms with E-state index < -0.39 is 0 Å². The zero-order chi connectivity index (χ0) is 12.8. The number of hydrogen-bond donors (Lipinski definition) is 1. The summed E-state index contributed by atoms with van der Waals surface area (Å²) in [5.41, 5.74) is 1.01. The van der Waals surface area contributed by atoms with Gasteiger partial charge in [0.05, 0.1) is 0 Å². The quantitative estimate of drug-likeness (QED) is 0.874. The molecule has 0 radical (unpaired) electrons. The van der Waals surface area contributed by atoms with E-state index in [0.29, 0.717) is 6.04 Å². The van der Waals surface area contributed by atoms with Crippen molar-refractivity contribution in [2.75, 3.05) is 13.8 Å². The summed E-state index contributed by atoms with van der Waals surface area (Å²) in [5, 5.41) is 3.36. The molecular weight excluding hydrogens is 230 g/mol. The largest absolute Gasteiger partial charge is 0.483 e. The topological polar surface area (TPSA) is 39.7 Å². The second-order valence-electron chi connectivity index (χ2n) is 5.17. The highest BCUT2D eigenvalue weighted by Crippen LogP contribution is 2.51. The second kappa shape index (κ2) is 4.05. The molecule has 18 heavy (non-hydrogen) atoms. The number of fused-ring (bicyclic) bond motifs is 3. The van der Waals surface area contributed by atoms with E-state index >= 15 is 0 Å². The highest BCUT2D eigenvalue weighted by atomic mass is 16.7. The van der Waals surface area contributed by atoms with Crippen LogP contribution in [0.5, 0.6) is 17.2 Å². The van der Waals surface area contributed by atoms with Crippen molar-refractivity contribution in [3.05, 3.63) is 17.7 Å². The Labute approximate surface area is 107 Å². The smallest absolute Gasteiger partial charge is 0.231 e. The summed E-state index contributed by atoms with van der Waals surface area (Å²) < 4.78 is 17.2.